The van der Waals surface area contributed by atoms with Gasteiger partial charge in [-0.3, -0.25) is 4.79 Å². The molecule has 0 aliphatic carbocycles. The Hall–Kier alpha value is -0.650. The highest BCUT2D eigenvalue weighted by Gasteiger charge is 2.28. The van der Waals surface area contributed by atoms with Gasteiger partial charge >= 0.3 is 0 Å². The fourth-order valence-corrected chi connectivity index (χ4v) is 3.05. The molecule has 2 aliphatic rings. The minimum Gasteiger partial charge on any atom is -0.381 e. The van der Waals surface area contributed by atoms with Crippen LogP contribution < -0.4 is 10.6 Å². The summed E-state index contributed by atoms with van der Waals surface area (Å²) in [5.41, 5.74) is 0. The lowest BCUT2D eigenvalue weighted by molar-refractivity contribution is -0.130. The van der Waals surface area contributed by atoms with Gasteiger partial charge in [-0.15, -0.1) is 0 Å². The highest BCUT2D eigenvalue weighted by atomic mass is 16.5. The van der Waals surface area contributed by atoms with Crippen molar-refractivity contribution < 1.29 is 14.3 Å². The maximum absolute atomic E-state index is 11.9. The van der Waals surface area contributed by atoms with Crippen LogP contribution in [0, 0.1) is 0 Å². The summed E-state index contributed by atoms with van der Waals surface area (Å²) in [5.74, 6) is 0.00498. The Bertz CT molecular complexity index is 305. The smallest absolute Gasteiger partial charge is 0.246 e. The third-order valence-corrected chi connectivity index (χ3v) is 4.29. The van der Waals surface area contributed by atoms with Crippen molar-refractivity contribution in [2.75, 3.05) is 19.8 Å². The van der Waals surface area contributed by atoms with Crippen LogP contribution >= 0.6 is 0 Å². The minimum atomic E-state index is 0.00498. The van der Waals surface area contributed by atoms with Gasteiger partial charge in [0.15, 0.2) is 0 Å². The maximum atomic E-state index is 11.9. The second-order valence-electron chi connectivity index (χ2n) is 5.96. The molecule has 0 aromatic carbocycles. The van der Waals surface area contributed by atoms with Crippen LogP contribution in [0.5, 0.6) is 0 Å². The highest BCUT2D eigenvalue weighted by Crippen LogP contribution is 2.18. The molecule has 5 nitrogen and oxygen atoms in total. The quantitative estimate of drug-likeness (QED) is 0.797. The molecule has 2 aliphatic heterocycles. The number of hydrogen-bond donors (Lipinski definition) is 2. The average molecular weight is 284 g/mol. The van der Waals surface area contributed by atoms with Gasteiger partial charge in [0, 0.05) is 31.3 Å². The predicted octanol–water partition coefficient (Wildman–Crippen LogP) is 1.22. The van der Waals surface area contributed by atoms with Gasteiger partial charge in [-0.2, -0.15) is 0 Å². The number of carbonyl (C=O) groups is 1. The fourth-order valence-electron chi connectivity index (χ4n) is 3.05. The van der Waals surface area contributed by atoms with E-state index in [0.717, 1.165) is 45.3 Å². The van der Waals surface area contributed by atoms with E-state index < -0.39 is 0 Å². The van der Waals surface area contributed by atoms with E-state index in [0.29, 0.717) is 12.1 Å². The first-order chi connectivity index (χ1) is 9.69. The molecular weight excluding hydrogens is 256 g/mol. The van der Waals surface area contributed by atoms with E-state index in [1.54, 1.807) is 0 Å². The molecule has 2 rings (SSSR count). The van der Waals surface area contributed by atoms with Crippen LogP contribution in [0.3, 0.4) is 0 Å². The Balaban J connectivity index is 1.69. The summed E-state index contributed by atoms with van der Waals surface area (Å²) in [6.07, 6.45) is 5.17. The molecule has 116 valence electrons. The largest absolute Gasteiger partial charge is 0.381 e. The van der Waals surface area contributed by atoms with Crippen LogP contribution in [-0.2, 0) is 14.3 Å². The number of hydrogen-bond acceptors (Lipinski definition) is 4. The van der Waals surface area contributed by atoms with Crippen LogP contribution in [0.2, 0.25) is 0 Å². The Morgan fingerprint density at radius 1 is 1.30 bits per heavy atom. The number of carbonyl (C=O) groups excluding carboxylic acids is 1. The molecule has 0 radical (unpaired) electrons. The van der Waals surface area contributed by atoms with Crippen molar-refractivity contribution in [1.29, 1.82) is 0 Å². The zero-order valence-corrected chi connectivity index (χ0v) is 12.7. The summed E-state index contributed by atoms with van der Waals surface area (Å²) in [4.78, 5) is 11.9. The Morgan fingerprint density at radius 2 is 2.05 bits per heavy atom. The van der Waals surface area contributed by atoms with Gasteiger partial charge in [-0.05, 0) is 39.0 Å². The first-order valence-corrected chi connectivity index (χ1v) is 7.93. The van der Waals surface area contributed by atoms with Crippen molar-refractivity contribution in [2.45, 2.75) is 70.2 Å². The van der Waals surface area contributed by atoms with Gasteiger partial charge in [0.25, 0.3) is 0 Å². The van der Waals surface area contributed by atoms with Gasteiger partial charge in [0.2, 0.25) is 5.91 Å². The molecule has 0 saturated carbocycles. The molecule has 2 N–H and O–H groups in total. The molecule has 3 unspecified atom stereocenters. The van der Waals surface area contributed by atoms with Gasteiger partial charge in [0.1, 0.15) is 6.61 Å². The lowest BCUT2D eigenvalue weighted by Crippen LogP contribution is -2.51. The van der Waals surface area contributed by atoms with Crippen LogP contribution in [0.15, 0.2) is 0 Å². The molecule has 2 heterocycles. The first-order valence-electron chi connectivity index (χ1n) is 7.93. The van der Waals surface area contributed by atoms with Crippen molar-refractivity contribution in [3.8, 4) is 0 Å². The molecule has 3 atom stereocenters. The molecule has 0 spiro atoms. The van der Waals surface area contributed by atoms with Crippen LogP contribution in [0.4, 0.5) is 0 Å². The number of piperidine rings is 1. The van der Waals surface area contributed by atoms with E-state index in [1.807, 2.05) is 0 Å². The number of ether oxygens (including phenoxy) is 2. The number of amides is 1. The molecule has 0 aromatic rings. The monoisotopic (exact) mass is 284 g/mol. The average Bonchev–Trinajstić information content (AvgIpc) is 2.47. The number of rotatable bonds is 5. The molecule has 20 heavy (non-hydrogen) atoms. The summed E-state index contributed by atoms with van der Waals surface area (Å²) in [5, 5.41) is 6.58. The molecule has 5 heteroatoms. The predicted molar refractivity (Wildman–Crippen MR) is 77.6 cm³/mol. The van der Waals surface area contributed by atoms with E-state index in [1.165, 1.54) is 0 Å². The van der Waals surface area contributed by atoms with Gasteiger partial charge in [-0.1, -0.05) is 6.92 Å². The van der Waals surface area contributed by atoms with E-state index in [4.69, 9.17) is 9.47 Å². The summed E-state index contributed by atoms with van der Waals surface area (Å²) < 4.78 is 11.1. The molecular formula is C15H28N2O3. The van der Waals surface area contributed by atoms with E-state index >= 15 is 0 Å². The summed E-state index contributed by atoms with van der Waals surface area (Å²) in [6.45, 7) is 6.03. The molecule has 2 saturated heterocycles. The zero-order valence-electron chi connectivity index (χ0n) is 12.7. The SMILES string of the molecule is CCC1NC(C)CCC1OCC(=O)NC1CCOCC1. The zero-order chi connectivity index (χ0) is 14.4. The Morgan fingerprint density at radius 3 is 2.75 bits per heavy atom. The van der Waals surface area contributed by atoms with E-state index in [-0.39, 0.29) is 24.7 Å². The van der Waals surface area contributed by atoms with Gasteiger partial charge < -0.3 is 20.1 Å². The molecule has 2 fully saturated rings. The fraction of sp³-hybridized carbons (Fsp3) is 0.933. The third kappa shape index (κ3) is 4.72. The van der Waals surface area contributed by atoms with E-state index in [9.17, 15) is 4.79 Å². The molecule has 1 amide bonds. The van der Waals surface area contributed by atoms with E-state index in [2.05, 4.69) is 24.5 Å². The van der Waals surface area contributed by atoms with Crippen LogP contribution in [0.25, 0.3) is 0 Å². The Kier molecular flexibility index (Phi) is 6.26. The standard InChI is InChI=1S/C15H28N2O3/c1-3-13-14(5-4-11(2)16-13)20-10-15(18)17-12-6-8-19-9-7-12/h11-14,16H,3-10H2,1-2H3,(H,17,18). The summed E-state index contributed by atoms with van der Waals surface area (Å²) >= 11 is 0. The normalized spacial score (nSPS) is 32.0. The topological polar surface area (TPSA) is 59.6 Å². The Labute approximate surface area is 121 Å². The summed E-state index contributed by atoms with van der Waals surface area (Å²) in [7, 11) is 0. The molecule has 0 aromatic heterocycles. The maximum Gasteiger partial charge on any atom is 0.246 e. The van der Waals surface area contributed by atoms with Crippen LogP contribution in [-0.4, -0.2) is 50.0 Å². The van der Waals surface area contributed by atoms with Crippen molar-refractivity contribution >= 4 is 5.91 Å². The molecule has 0 bridgehead atoms. The summed E-state index contributed by atoms with van der Waals surface area (Å²) in [6, 6.07) is 1.18. The van der Waals surface area contributed by atoms with Crippen molar-refractivity contribution in [3.63, 3.8) is 0 Å². The first kappa shape index (κ1) is 15.7. The van der Waals surface area contributed by atoms with Crippen molar-refractivity contribution in [3.05, 3.63) is 0 Å². The third-order valence-electron chi connectivity index (χ3n) is 4.29. The highest BCUT2D eigenvalue weighted by molar-refractivity contribution is 5.77. The van der Waals surface area contributed by atoms with Gasteiger partial charge in [0.05, 0.1) is 6.10 Å². The second-order valence-corrected chi connectivity index (χ2v) is 5.96. The van der Waals surface area contributed by atoms with Crippen molar-refractivity contribution in [2.24, 2.45) is 0 Å². The van der Waals surface area contributed by atoms with Crippen molar-refractivity contribution in [1.82, 2.24) is 10.6 Å². The lowest BCUT2D eigenvalue weighted by atomic mass is 9.95. The lowest BCUT2D eigenvalue weighted by Gasteiger charge is -2.35. The van der Waals surface area contributed by atoms with Crippen LogP contribution in [0.1, 0.15) is 46.0 Å². The minimum absolute atomic E-state index is 0.00498. The van der Waals surface area contributed by atoms with Gasteiger partial charge in [-0.25, -0.2) is 0 Å². The number of nitrogens with one attached hydrogen (secondary N) is 2. The second kappa shape index (κ2) is 7.96.